The predicted molar refractivity (Wildman–Crippen MR) is 120 cm³/mol. The lowest BCUT2D eigenvalue weighted by atomic mass is 9.67. The lowest BCUT2D eigenvalue weighted by Gasteiger charge is -2.40. The molecule has 1 aromatic carbocycles. The lowest BCUT2D eigenvalue weighted by molar-refractivity contribution is -0.150. The van der Waals surface area contributed by atoms with Crippen molar-refractivity contribution in [2.75, 3.05) is 18.5 Å². The third kappa shape index (κ3) is 4.95. The Morgan fingerprint density at radius 1 is 1.19 bits per heavy atom. The van der Waals surface area contributed by atoms with Gasteiger partial charge in [0.1, 0.15) is 12.1 Å². The molecule has 0 bridgehead atoms. The second-order valence-corrected chi connectivity index (χ2v) is 10.0. The van der Waals surface area contributed by atoms with Crippen LogP contribution in [0.3, 0.4) is 0 Å². The summed E-state index contributed by atoms with van der Waals surface area (Å²) in [6.45, 7) is 9.38. The number of benzene rings is 1. The van der Waals surface area contributed by atoms with Gasteiger partial charge in [-0.05, 0) is 68.1 Å². The van der Waals surface area contributed by atoms with Crippen LogP contribution in [0.15, 0.2) is 18.2 Å². The highest BCUT2D eigenvalue weighted by atomic mass is 16.5. The quantitative estimate of drug-likeness (QED) is 0.537. The average Bonchev–Trinajstić information content (AvgIpc) is 2.93. The zero-order chi connectivity index (χ0) is 23.7. The summed E-state index contributed by atoms with van der Waals surface area (Å²) in [7, 11) is 0. The van der Waals surface area contributed by atoms with Crippen LogP contribution in [-0.2, 0) is 19.1 Å². The Hall–Kier alpha value is -2.90. The average molecular weight is 444 g/mol. The Kier molecular flexibility index (Phi) is 6.62. The number of aryl methyl sites for hydroxylation is 1. The largest absolute Gasteiger partial charge is 0.454 e. The molecular weight excluding hydrogens is 410 g/mol. The summed E-state index contributed by atoms with van der Waals surface area (Å²) < 4.78 is 5.02. The SMILES string of the molecule is Cc1cccc(NC(=O)COC(=O)CN2C(=O)NC3(CCC(C(C)(C)C)CC3)C2=O)c1C. The van der Waals surface area contributed by atoms with Crippen LogP contribution in [0.4, 0.5) is 10.5 Å². The van der Waals surface area contributed by atoms with Gasteiger partial charge < -0.3 is 15.4 Å². The minimum absolute atomic E-state index is 0.147. The normalized spacial score (nSPS) is 23.3. The molecule has 2 fully saturated rings. The summed E-state index contributed by atoms with van der Waals surface area (Å²) in [4.78, 5) is 50.7. The topological polar surface area (TPSA) is 105 Å². The third-order valence-corrected chi connectivity index (χ3v) is 6.84. The van der Waals surface area contributed by atoms with Crippen LogP contribution in [0, 0.1) is 25.2 Å². The van der Waals surface area contributed by atoms with Gasteiger partial charge in [0, 0.05) is 5.69 Å². The van der Waals surface area contributed by atoms with E-state index >= 15 is 0 Å². The van der Waals surface area contributed by atoms with Gasteiger partial charge in [0.15, 0.2) is 6.61 Å². The van der Waals surface area contributed by atoms with Gasteiger partial charge in [-0.25, -0.2) is 4.79 Å². The van der Waals surface area contributed by atoms with E-state index in [2.05, 4.69) is 31.4 Å². The summed E-state index contributed by atoms with van der Waals surface area (Å²) in [5.74, 6) is -1.19. The Labute approximate surface area is 189 Å². The number of hydrogen-bond acceptors (Lipinski definition) is 5. The second-order valence-electron chi connectivity index (χ2n) is 10.0. The predicted octanol–water partition coefficient (Wildman–Crippen LogP) is 3.31. The molecule has 0 aromatic heterocycles. The maximum atomic E-state index is 13.0. The fourth-order valence-electron chi connectivity index (χ4n) is 4.53. The molecule has 0 unspecified atom stereocenters. The third-order valence-electron chi connectivity index (χ3n) is 6.84. The standard InChI is InChI=1S/C24H33N3O5/c1-15-7-6-8-18(16(15)2)25-19(28)14-32-20(29)13-27-21(30)24(26-22(27)31)11-9-17(10-12-24)23(3,4)5/h6-8,17H,9-14H2,1-5H3,(H,25,28)(H,26,31). The molecule has 174 valence electrons. The molecule has 1 aliphatic heterocycles. The van der Waals surface area contributed by atoms with Crippen molar-refractivity contribution in [1.29, 1.82) is 0 Å². The molecule has 0 atom stereocenters. The van der Waals surface area contributed by atoms with E-state index in [1.54, 1.807) is 6.07 Å². The van der Waals surface area contributed by atoms with Crippen molar-refractivity contribution in [2.45, 2.75) is 65.8 Å². The van der Waals surface area contributed by atoms with Crippen LogP contribution in [0.25, 0.3) is 0 Å². The Morgan fingerprint density at radius 3 is 2.47 bits per heavy atom. The molecule has 8 nitrogen and oxygen atoms in total. The van der Waals surface area contributed by atoms with Crippen molar-refractivity contribution in [1.82, 2.24) is 10.2 Å². The van der Waals surface area contributed by atoms with Crippen LogP contribution in [-0.4, -0.2) is 47.4 Å². The molecule has 1 heterocycles. The van der Waals surface area contributed by atoms with Gasteiger partial charge in [-0.3, -0.25) is 19.3 Å². The van der Waals surface area contributed by atoms with Gasteiger partial charge in [-0.2, -0.15) is 0 Å². The fraction of sp³-hybridized carbons (Fsp3) is 0.583. The molecule has 3 rings (SSSR count). The van der Waals surface area contributed by atoms with Crippen molar-refractivity contribution in [3.05, 3.63) is 29.3 Å². The Morgan fingerprint density at radius 2 is 1.84 bits per heavy atom. The smallest absolute Gasteiger partial charge is 0.326 e. The van der Waals surface area contributed by atoms with E-state index in [0.717, 1.165) is 28.9 Å². The molecule has 2 aliphatic rings. The molecular formula is C24H33N3O5. The molecule has 1 aromatic rings. The summed E-state index contributed by atoms with van der Waals surface area (Å²) in [5, 5.41) is 5.51. The number of urea groups is 1. The lowest BCUT2D eigenvalue weighted by Crippen LogP contribution is -2.50. The zero-order valence-electron chi connectivity index (χ0n) is 19.5. The summed E-state index contributed by atoms with van der Waals surface area (Å²) in [6.07, 6.45) is 2.80. The first kappa shape index (κ1) is 23.8. The minimum Gasteiger partial charge on any atom is -0.454 e. The Bertz CT molecular complexity index is 926. The molecule has 1 saturated heterocycles. The summed E-state index contributed by atoms with van der Waals surface area (Å²) >= 11 is 0. The first-order valence-electron chi connectivity index (χ1n) is 11.1. The highest BCUT2D eigenvalue weighted by Crippen LogP contribution is 2.43. The van der Waals surface area contributed by atoms with Gasteiger partial charge in [-0.15, -0.1) is 0 Å². The minimum atomic E-state index is -0.931. The number of rotatable bonds is 5. The molecule has 8 heteroatoms. The van der Waals surface area contributed by atoms with Gasteiger partial charge in [0.25, 0.3) is 11.8 Å². The molecule has 1 spiro atoms. The zero-order valence-corrected chi connectivity index (χ0v) is 19.5. The number of hydrogen-bond donors (Lipinski definition) is 2. The molecule has 32 heavy (non-hydrogen) atoms. The van der Waals surface area contributed by atoms with E-state index < -0.39 is 36.6 Å². The van der Waals surface area contributed by atoms with E-state index in [9.17, 15) is 19.2 Å². The maximum absolute atomic E-state index is 13.0. The number of esters is 1. The van der Waals surface area contributed by atoms with Crippen LogP contribution >= 0.6 is 0 Å². The molecule has 1 saturated carbocycles. The maximum Gasteiger partial charge on any atom is 0.326 e. The van der Waals surface area contributed by atoms with E-state index in [-0.39, 0.29) is 11.3 Å². The van der Waals surface area contributed by atoms with Crippen LogP contribution < -0.4 is 10.6 Å². The first-order chi connectivity index (χ1) is 14.9. The molecule has 0 radical (unpaired) electrons. The molecule has 2 N–H and O–H groups in total. The number of anilines is 1. The summed E-state index contributed by atoms with van der Waals surface area (Å²) in [5.41, 5.74) is 1.82. The highest BCUT2D eigenvalue weighted by molar-refractivity contribution is 6.08. The fourth-order valence-corrected chi connectivity index (χ4v) is 4.53. The van der Waals surface area contributed by atoms with Crippen molar-refractivity contribution in [2.24, 2.45) is 11.3 Å². The van der Waals surface area contributed by atoms with E-state index in [4.69, 9.17) is 4.74 Å². The number of ether oxygens (including phenoxy) is 1. The first-order valence-corrected chi connectivity index (χ1v) is 11.1. The van der Waals surface area contributed by atoms with Crippen LogP contribution in [0.5, 0.6) is 0 Å². The number of amides is 4. The van der Waals surface area contributed by atoms with E-state index in [1.165, 1.54) is 0 Å². The number of carbonyl (C=O) groups excluding carboxylic acids is 4. The van der Waals surface area contributed by atoms with Gasteiger partial charge in [0.05, 0.1) is 0 Å². The van der Waals surface area contributed by atoms with Crippen molar-refractivity contribution < 1.29 is 23.9 Å². The summed E-state index contributed by atoms with van der Waals surface area (Å²) in [6, 6.07) is 4.95. The van der Waals surface area contributed by atoms with Gasteiger partial charge in [-0.1, -0.05) is 32.9 Å². The number of carbonyl (C=O) groups is 4. The van der Waals surface area contributed by atoms with Crippen molar-refractivity contribution in [3.8, 4) is 0 Å². The number of nitrogens with one attached hydrogen (secondary N) is 2. The van der Waals surface area contributed by atoms with Gasteiger partial charge in [0.2, 0.25) is 0 Å². The van der Waals surface area contributed by atoms with Crippen molar-refractivity contribution >= 4 is 29.5 Å². The van der Waals surface area contributed by atoms with E-state index in [1.807, 2.05) is 26.0 Å². The Balaban J connectivity index is 1.52. The molecule has 1 aliphatic carbocycles. The number of nitrogens with zero attached hydrogens (tertiary/aromatic N) is 1. The van der Waals surface area contributed by atoms with Crippen molar-refractivity contribution in [3.63, 3.8) is 0 Å². The number of imide groups is 1. The molecule has 4 amide bonds. The van der Waals surface area contributed by atoms with E-state index in [0.29, 0.717) is 24.4 Å². The second kappa shape index (κ2) is 8.92. The van der Waals surface area contributed by atoms with Crippen LogP contribution in [0.2, 0.25) is 0 Å². The highest BCUT2D eigenvalue weighted by Gasteiger charge is 2.53. The monoisotopic (exact) mass is 443 g/mol. The van der Waals surface area contributed by atoms with Gasteiger partial charge >= 0.3 is 12.0 Å². The van der Waals surface area contributed by atoms with Crippen LogP contribution in [0.1, 0.15) is 57.6 Å².